The Morgan fingerprint density at radius 2 is 2.43 bits per heavy atom. The van der Waals surface area contributed by atoms with E-state index in [2.05, 4.69) is 0 Å². The van der Waals surface area contributed by atoms with E-state index in [0.717, 1.165) is 0 Å². The number of carboxylic acids is 1. The first-order valence-corrected chi connectivity index (χ1v) is 4.41. The van der Waals surface area contributed by atoms with Gasteiger partial charge in [0.15, 0.2) is 0 Å². The molecule has 2 bridgehead atoms. The van der Waals surface area contributed by atoms with Crippen LogP contribution in [0.1, 0.15) is 0 Å². The molecule has 2 unspecified atom stereocenters. The van der Waals surface area contributed by atoms with Gasteiger partial charge in [0, 0.05) is 0 Å². The molecule has 4 atom stereocenters. The lowest BCUT2D eigenvalue weighted by Crippen LogP contribution is -2.38. The van der Waals surface area contributed by atoms with Gasteiger partial charge in [-0.1, -0.05) is 6.08 Å². The highest BCUT2D eigenvalue weighted by Gasteiger charge is 2.66. The molecule has 5 nitrogen and oxygen atoms in total. The smallest absolute Gasteiger partial charge is 0.313 e. The van der Waals surface area contributed by atoms with E-state index in [-0.39, 0.29) is 6.61 Å². The molecule has 3 rings (SSSR count). The molecule has 0 aromatic rings. The van der Waals surface area contributed by atoms with Crippen LogP contribution in [0.4, 0.5) is 0 Å². The van der Waals surface area contributed by atoms with Gasteiger partial charge in [-0.05, 0) is 6.08 Å². The summed E-state index contributed by atoms with van der Waals surface area (Å²) in [6.07, 6.45) is 2.99. The molecule has 3 heterocycles. The van der Waals surface area contributed by atoms with Crippen LogP contribution in [-0.4, -0.2) is 35.4 Å². The molecule has 0 amide bonds. The lowest BCUT2D eigenvalue weighted by atomic mass is 9.77. The average Bonchev–Trinajstić information content (AvgIpc) is 2.75. The molecule has 3 aliphatic rings. The molecule has 14 heavy (non-hydrogen) atoms. The van der Waals surface area contributed by atoms with Crippen LogP contribution < -0.4 is 0 Å². The Labute approximate surface area is 79.3 Å². The molecular formula is C9H8O5. The third kappa shape index (κ3) is 0.698. The predicted molar refractivity (Wildman–Crippen MR) is 42.3 cm³/mol. The van der Waals surface area contributed by atoms with E-state index in [4.69, 9.17) is 14.6 Å². The Balaban J connectivity index is 2.08. The van der Waals surface area contributed by atoms with Gasteiger partial charge in [-0.15, -0.1) is 0 Å². The van der Waals surface area contributed by atoms with Crippen LogP contribution in [0.5, 0.6) is 0 Å². The highest BCUT2D eigenvalue weighted by atomic mass is 16.6. The van der Waals surface area contributed by atoms with Gasteiger partial charge in [0.2, 0.25) is 0 Å². The summed E-state index contributed by atoms with van der Waals surface area (Å²) >= 11 is 0. The van der Waals surface area contributed by atoms with E-state index in [9.17, 15) is 9.59 Å². The standard InChI is InChI=1S/C9H8O5/c10-7(11)5-4-1-2-9(14-4)3-13-8(12)6(5)9/h1-2,4-6H,3H2,(H,10,11)/t4-,5?,6?,9-/m1/s1. The molecule has 0 saturated carbocycles. The molecule has 0 aromatic carbocycles. The lowest BCUT2D eigenvalue weighted by molar-refractivity contribution is -0.152. The molecule has 2 saturated heterocycles. The van der Waals surface area contributed by atoms with E-state index < -0.39 is 35.5 Å². The van der Waals surface area contributed by atoms with Crippen LogP contribution in [0.15, 0.2) is 12.2 Å². The normalized spacial score (nSPS) is 48.0. The van der Waals surface area contributed by atoms with Crippen molar-refractivity contribution in [1.29, 1.82) is 0 Å². The monoisotopic (exact) mass is 196 g/mol. The molecule has 74 valence electrons. The molecule has 1 N–H and O–H groups in total. The molecule has 1 spiro atoms. The summed E-state index contributed by atoms with van der Waals surface area (Å²) in [4.78, 5) is 22.3. The van der Waals surface area contributed by atoms with Crippen molar-refractivity contribution >= 4 is 11.9 Å². The van der Waals surface area contributed by atoms with E-state index in [1.54, 1.807) is 12.2 Å². The summed E-state index contributed by atoms with van der Waals surface area (Å²) in [6.45, 7) is 0.146. The molecule has 0 radical (unpaired) electrons. The Bertz CT molecular complexity index is 360. The second kappa shape index (κ2) is 2.17. The van der Waals surface area contributed by atoms with Crippen LogP contribution in [0.2, 0.25) is 0 Å². The summed E-state index contributed by atoms with van der Waals surface area (Å²) in [5.74, 6) is -2.89. The van der Waals surface area contributed by atoms with Crippen LogP contribution >= 0.6 is 0 Å². The van der Waals surface area contributed by atoms with Gasteiger partial charge < -0.3 is 14.6 Å². The van der Waals surface area contributed by atoms with Crippen molar-refractivity contribution in [3.8, 4) is 0 Å². The second-order valence-corrected chi connectivity index (χ2v) is 3.85. The predicted octanol–water partition coefficient (Wildman–Crippen LogP) is -0.432. The van der Waals surface area contributed by atoms with E-state index in [0.29, 0.717) is 0 Å². The maximum Gasteiger partial charge on any atom is 0.313 e. The van der Waals surface area contributed by atoms with E-state index in [1.807, 2.05) is 0 Å². The molecular weight excluding hydrogens is 188 g/mol. The molecule has 0 aromatic heterocycles. The molecule has 0 aliphatic carbocycles. The van der Waals surface area contributed by atoms with Gasteiger partial charge >= 0.3 is 11.9 Å². The Morgan fingerprint density at radius 1 is 1.64 bits per heavy atom. The highest BCUT2D eigenvalue weighted by Crippen LogP contribution is 2.50. The minimum absolute atomic E-state index is 0.146. The molecule has 3 aliphatic heterocycles. The van der Waals surface area contributed by atoms with E-state index >= 15 is 0 Å². The van der Waals surface area contributed by atoms with Crippen molar-refractivity contribution in [2.45, 2.75) is 11.7 Å². The van der Waals surface area contributed by atoms with Crippen LogP contribution in [0.3, 0.4) is 0 Å². The lowest BCUT2D eigenvalue weighted by Gasteiger charge is -2.19. The minimum atomic E-state index is -0.995. The first-order chi connectivity index (χ1) is 6.64. The van der Waals surface area contributed by atoms with Crippen molar-refractivity contribution < 1.29 is 24.2 Å². The number of carbonyl (C=O) groups is 2. The average molecular weight is 196 g/mol. The van der Waals surface area contributed by atoms with Gasteiger partial charge in [0.1, 0.15) is 24.0 Å². The zero-order valence-electron chi connectivity index (χ0n) is 7.17. The highest BCUT2D eigenvalue weighted by molar-refractivity contribution is 5.86. The van der Waals surface area contributed by atoms with Gasteiger partial charge in [-0.3, -0.25) is 9.59 Å². The van der Waals surface area contributed by atoms with Gasteiger partial charge in [0.25, 0.3) is 0 Å². The Hall–Kier alpha value is -1.36. The maximum absolute atomic E-state index is 11.4. The third-order valence-corrected chi connectivity index (χ3v) is 3.14. The fourth-order valence-electron chi connectivity index (χ4n) is 2.53. The van der Waals surface area contributed by atoms with Crippen LogP contribution in [0, 0.1) is 11.8 Å². The van der Waals surface area contributed by atoms with Crippen LogP contribution in [-0.2, 0) is 19.1 Å². The number of carbonyl (C=O) groups excluding carboxylic acids is 1. The maximum atomic E-state index is 11.4. The third-order valence-electron chi connectivity index (χ3n) is 3.14. The SMILES string of the molecule is O=C(O)C1C2C(=O)OC[C@]23C=C[C@H]1O3. The Morgan fingerprint density at radius 3 is 3.14 bits per heavy atom. The topological polar surface area (TPSA) is 72.8 Å². The number of hydrogen-bond donors (Lipinski definition) is 1. The van der Waals surface area contributed by atoms with Crippen molar-refractivity contribution in [3.63, 3.8) is 0 Å². The summed E-state index contributed by atoms with van der Waals surface area (Å²) in [7, 11) is 0. The summed E-state index contributed by atoms with van der Waals surface area (Å²) in [6, 6.07) is 0. The largest absolute Gasteiger partial charge is 0.481 e. The van der Waals surface area contributed by atoms with Crippen molar-refractivity contribution in [3.05, 3.63) is 12.2 Å². The second-order valence-electron chi connectivity index (χ2n) is 3.85. The molecule has 5 heteroatoms. The minimum Gasteiger partial charge on any atom is -0.481 e. The fourth-order valence-corrected chi connectivity index (χ4v) is 2.53. The Kier molecular flexibility index (Phi) is 1.24. The van der Waals surface area contributed by atoms with Crippen molar-refractivity contribution in [1.82, 2.24) is 0 Å². The van der Waals surface area contributed by atoms with Crippen molar-refractivity contribution in [2.75, 3.05) is 6.61 Å². The first kappa shape index (κ1) is 7.99. The number of cyclic esters (lactones) is 1. The number of ether oxygens (including phenoxy) is 2. The number of carboxylic acid groups (broad SMARTS) is 1. The van der Waals surface area contributed by atoms with E-state index in [1.165, 1.54) is 0 Å². The van der Waals surface area contributed by atoms with Crippen LogP contribution in [0.25, 0.3) is 0 Å². The number of esters is 1. The van der Waals surface area contributed by atoms with Gasteiger partial charge in [-0.2, -0.15) is 0 Å². The fraction of sp³-hybridized carbons (Fsp3) is 0.556. The quantitative estimate of drug-likeness (QED) is 0.455. The van der Waals surface area contributed by atoms with Crippen molar-refractivity contribution in [2.24, 2.45) is 11.8 Å². The zero-order valence-corrected chi connectivity index (χ0v) is 7.17. The first-order valence-electron chi connectivity index (χ1n) is 4.41. The summed E-state index contributed by atoms with van der Waals surface area (Å²) in [5.41, 5.74) is -0.787. The molecule has 2 fully saturated rings. The number of fused-ring (bicyclic) bond motifs is 1. The summed E-state index contributed by atoms with van der Waals surface area (Å²) < 4.78 is 10.3. The number of rotatable bonds is 1. The number of hydrogen-bond acceptors (Lipinski definition) is 4. The van der Waals surface area contributed by atoms with Gasteiger partial charge in [0.05, 0.1) is 6.10 Å². The number of aliphatic carboxylic acids is 1. The van der Waals surface area contributed by atoms with Gasteiger partial charge in [-0.25, -0.2) is 0 Å². The summed E-state index contributed by atoms with van der Waals surface area (Å²) in [5, 5.41) is 8.98. The zero-order chi connectivity index (χ0) is 9.92.